The third kappa shape index (κ3) is 4.72. The van der Waals surface area contributed by atoms with Gasteiger partial charge in [0.2, 0.25) is 0 Å². The molecule has 0 fully saturated rings. The Hall–Kier alpha value is -3.06. The maximum absolute atomic E-state index is 11.8. The highest BCUT2D eigenvalue weighted by molar-refractivity contribution is 6.30. The summed E-state index contributed by atoms with van der Waals surface area (Å²) in [6.07, 6.45) is 0. The van der Waals surface area contributed by atoms with E-state index in [4.69, 9.17) is 16.3 Å². The lowest BCUT2D eigenvalue weighted by Gasteiger charge is -2.08. The molecule has 24 heavy (non-hydrogen) atoms. The van der Waals surface area contributed by atoms with Crippen LogP contribution < -0.4 is 10.9 Å². The summed E-state index contributed by atoms with van der Waals surface area (Å²) in [6, 6.07) is 11.8. The summed E-state index contributed by atoms with van der Waals surface area (Å²) >= 11 is 5.71. The van der Waals surface area contributed by atoms with Crippen molar-refractivity contribution in [3.63, 3.8) is 0 Å². The molecule has 0 heterocycles. The maximum atomic E-state index is 11.8. The molecule has 0 aliphatic carbocycles. The van der Waals surface area contributed by atoms with Gasteiger partial charge in [0.1, 0.15) is 11.3 Å². The third-order valence-electron chi connectivity index (χ3n) is 2.88. The second-order valence-corrected chi connectivity index (χ2v) is 5.04. The molecule has 0 radical (unpaired) electrons. The van der Waals surface area contributed by atoms with Gasteiger partial charge in [-0.05, 0) is 36.4 Å². The Morgan fingerprint density at radius 1 is 1.00 bits per heavy atom. The van der Waals surface area contributed by atoms with Gasteiger partial charge in [0, 0.05) is 10.6 Å². The van der Waals surface area contributed by atoms with Gasteiger partial charge in [0.25, 0.3) is 11.8 Å². The van der Waals surface area contributed by atoms with E-state index in [0.29, 0.717) is 10.6 Å². The van der Waals surface area contributed by atoms with E-state index >= 15 is 0 Å². The van der Waals surface area contributed by atoms with E-state index in [1.54, 1.807) is 12.1 Å². The smallest absolute Gasteiger partial charge is 0.342 e. The average Bonchev–Trinajstić information content (AvgIpc) is 2.58. The van der Waals surface area contributed by atoms with Gasteiger partial charge in [-0.1, -0.05) is 23.7 Å². The molecule has 0 saturated carbocycles. The van der Waals surface area contributed by atoms with Crippen LogP contribution in [0, 0.1) is 0 Å². The third-order valence-corrected chi connectivity index (χ3v) is 3.13. The first kappa shape index (κ1) is 17.3. The van der Waals surface area contributed by atoms with Crippen LogP contribution in [0.3, 0.4) is 0 Å². The molecule has 2 amide bonds. The first-order chi connectivity index (χ1) is 11.5. The van der Waals surface area contributed by atoms with E-state index in [1.807, 2.05) is 0 Å². The molecule has 0 unspecified atom stereocenters. The number of ether oxygens (including phenoxy) is 1. The number of phenols is 1. The molecule has 0 atom stereocenters. The average molecular weight is 349 g/mol. The zero-order valence-electron chi connectivity index (χ0n) is 12.3. The van der Waals surface area contributed by atoms with Crippen LogP contribution >= 0.6 is 11.6 Å². The summed E-state index contributed by atoms with van der Waals surface area (Å²) in [6.45, 7) is -0.617. The molecule has 0 bridgehead atoms. The Bertz CT molecular complexity index is 761. The van der Waals surface area contributed by atoms with Crippen LogP contribution in [-0.2, 0) is 9.53 Å². The summed E-state index contributed by atoms with van der Waals surface area (Å²) in [4.78, 5) is 35.0. The van der Waals surface area contributed by atoms with Crippen molar-refractivity contribution in [2.75, 3.05) is 6.61 Å². The summed E-state index contributed by atoms with van der Waals surface area (Å²) in [5.41, 5.74) is 4.51. The minimum atomic E-state index is -0.854. The van der Waals surface area contributed by atoms with Crippen LogP contribution in [0.15, 0.2) is 48.5 Å². The number of aromatic hydroxyl groups is 1. The maximum Gasteiger partial charge on any atom is 0.342 e. The fourth-order valence-corrected chi connectivity index (χ4v) is 1.82. The Kier molecular flexibility index (Phi) is 5.75. The molecule has 0 aliphatic rings. The molecule has 7 nitrogen and oxygen atoms in total. The predicted octanol–water partition coefficient (Wildman–Crippen LogP) is 1.66. The molecule has 3 N–H and O–H groups in total. The van der Waals surface area contributed by atoms with E-state index in [1.165, 1.54) is 36.4 Å². The van der Waals surface area contributed by atoms with Gasteiger partial charge >= 0.3 is 5.97 Å². The number of amides is 2. The number of esters is 1. The van der Waals surface area contributed by atoms with Crippen LogP contribution in [-0.4, -0.2) is 29.5 Å². The number of hydrazine groups is 1. The molecule has 0 spiro atoms. The van der Waals surface area contributed by atoms with Gasteiger partial charge in [-0.3, -0.25) is 20.4 Å². The molecule has 2 rings (SSSR count). The van der Waals surface area contributed by atoms with Gasteiger partial charge in [-0.15, -0.1) is 0 Å². The Balaban J connectivity index is 1.79. The Labute approximate surface area is 142 Å². The second-order valence-electron chi connectivity index (χ2n) is 4.60. The molecule has 0 saturated heterocycles. The minimum absolute atomic E-state index is 0.0597. The number of carbonyl (C=O) groups excluding carboxylic acids is 3. The number of nitrogens with one attached hydrogen (secondary N) is 2. The molecule has 2 aromatic carbocycles. The Morgan fingerprint density at radius 2 is 1.67 bits per heavy atom. The van der Waals surface area contributed by atoms with Crippen molar-refractivity contribution < 1.29 is 24.2 Å². The lowest BCUT2D eigenvalue weighted by atomic mass is 10.2. The topological polar surface area (TPSA) is 105 Å². The number of carbonyl (C=O) groups is 3. The fourth-order valence-electron chi connectivity index (χ4n) is 1.69. The zero-order chi connectivity index (χ0) is 17.5. The number of halogens is 1. The number of benzene rings is 2. The summed E-state index contributed by atoms with van der Waals surface area (Å²) in [7, 11) is 0. The van der Waals surface area contributed by atoms with Crippen LogP contribution in [0.5, 0.6) is 5.75 Å². The summed E-state index contributed by atoms with van der Waals surface area (Å²) in [5, 5.41) is 9.98. The number of hydrogen-bond acceptors (Lipinski definition) is 5. The summed E-state index contributed by atoms with van der Waals surface area (Å²) < 4.78 is 4.74. The number of hydrogen-bond donors (Lipinski definition) is 3. The number of para-hydroxylation sites is 1. The van der Waals surface area contributed by atoms with Gasteiger partial charge in [0.05, 0.1) is 0 Å². The molecule has 8 heteroatoms. The number of phenolic OH excluding ortho intramolecular Hbond substituents is 1. The fraction of sp³-hybridized carbons (Fsp3) is 0.0625. The predicted molar refractivity (Wildman–Crippen MR) is 85.5 cm³/mol. The molecule has 0 aliphatic heterocycles. The molecular formula is C16H13ClN2O5. The molecule has 2 aromatic rings. The van der Waals surface area contributed by atoms with Crippen molar-refractivity contribution in [3.8, 4) is 5.75 Å². The van der Waals surface area contributed by atoms with Crippen LogP contribution in [0.25, 0.3) is 0 Å². The lowest BCUT2D eigenvalue weighted by molar-refractivity contribution is -0.125. The zero-order valence-corrected chi connectivity index (χ0v) is 13.0. The molecular weight excluding hydrogens is 336 g/mol. The van der Waals surface area contributed by atoms with E-state index in [2.05, 4.69) is 10.9 Å². The van der Waals surface area contributed by atoms with Crippen molar-refractivity contribution >= 4 is 29.4 Å². The minimum Gasteiger partial charge on any atom is -0.507 e. The highest BCUT2D eigenvalue weighted by Gasteiger charge is 2.14. The van der Waals surface area contributed by atoms with Crippen LogP contribution in [0.1, 0.15) is 20.7 Å². The van der Waals surface area contributed by atoms with Crippen molar-refractivity contribution in [3.05, 3.63) is 64.7 Å². The van der Waals surface area contributed by atoms with Crippen LogP contribution in [0.4, 0.5) is 0 Å². The first-order valence-corrected chi connectivity index (χ1v) is 7.15. The van der Waals surface area contributed by atoms with Crippen molar-refractivity contribution in [1.29, 1.82) is 0 Å². The van der Waals surface area contributed by atoms with E-state index in [9.17, 15) is 19.5 Å². The summed E-state index contributed by atoms with van der Waals surface area (Å²) in [5.74, 6) is -2.39. The lowest BCUT2D eigenvalue weighted by Crippen LogP contribution is -2.43. The monoisotopic (exact) mass is 348 g/mol. The van der Waals surface area contributed by atoms with Crippen LogP contribution in [0.2, 0.25) is 5.02 Å². The normalized spacial score (nSPS) is 9.88. The van der Waals surface area contributed by atoms with Gasteiger partial charge < -0.3 is 9.84 Å². The Morgan fingerprint density at radius 3 is 2.33 bits per heavy atom. The SMILES string of the molecule is O=C(COC(=O)c1ccccc1O)NNC(=O)c1ccc(Cl)cc1. The van der Waals surface area contributed by atoms with E-state index in [0.717, 1.165) is 0 Å². The van der Waals surface area contributed by atoms with Crippen molar-refractivity contribution in [2.45, 2.75) is 0 Å². The van der Waals surface area contributed by atoms with E-state index < -0.39 is 24.4 Å². The number of rotatable bonds is 4. The highest BCUT2D eigenvalue weighted by Crippen LogP contribution is 2.16. The van der Waals surface area contributed by atoms with Gasteiger partial charge in [0.15, 0.2) is 6.61 Å². The quantitative estimate of drug-likeness (QED) is 0.576. The molecule has 124 valence electrons. The molecule has 0 aromatic heterocycles. The van der Waals surface area contributed by atoms with Crippen molar-refractivity contribution in [1.82, 2.24) is 10.9 Å². The first-order valence-electron chi connectivity index (χ1n) is 6.77. The van der Waals surface area contributed by atoms with Gasteiger partial charge in [-0.2, -0.15) is 0 Å². The highest BCUT2D eigenvalue weighted by atomic mass is 35.5. The second kappa shape index (κ2) is 7.98. The standard InChI is InChI=1S/C16H13ClN2O5/c17-11-7-5-10(6-8-11)15(22)19-18-14(21)9-24-16(23)12-3-1-2-4-13(12)20/h1-8,20H,9H2,(H,18,21)(H,19,22). The largest absolute Gasteiger partial charge is 0.507 e. The van der Waals surface area contributed by atoms with Crippen molar-refractivity contribution in [2.24, 2.45) is 0 Å². The van der Waals surface area contributed by atoms with Gasteiger partial charge in [-0.25, -0.2) is 4.79 Å². The van der Waals surface area contributed by atoms with E-state index in [-0.39, 0.29) is 11.3 Å².